The van der Waals surface area contributed by atoms with E-state index < -0.39 is 29.7 Å². The first-order valence-corrected chi connectivity index (χ1v) is 5.83. The molecule has 104 valence electrons. The van der Waals surface area contributed by atoms with Crippen LogP contribution in [-0.4, -0.2) is 35.5 Å². The lowest BCUT2D eigenvalue weighted by atomic mass is 10.2. The second-order valence-electron chi connectivity index (χ2n) is 5.21. The fraction of sp³-hybridized carbons (Fsp3) is 0.750. The van der Waals surface area contributed by atoms with E-state index in [4.69, 9.17) is 4.74 Å². The number of hydrogen-bond acceptors (Lipinski definition) is 4. The first kappa shape index (κ1) is 16.4. The fourth-order valence-corrected chi connectivity index (χ4v) is 0.990. The molecule has 0 fully saturated rings. The van der Waals surface area contributed by atoms with Gasteiger partial charge < -0.3 is 15.4 Å². The molecule has 0 saturated heterocycles. The van der Waals surface area contributed by atoms with Gasteiger partial charge in [-0.3, -0.25) is 9.59 Å². The third-order valence-electron chi connectivity index (χ3n) is 2.10. The van der Waals surface area contributed by atoms with Crippen molar-refractivity contribution in [1.82, 2.24) is 10.6 Å². The van der Waals surface area contributed by atoms with E-state index >= 15 is 0 Å². The van der Waals surface area contributed by atoms with Crippen LogP contribution in [0.25, 0.3) is 0 Å². The Morgan fingerprint density at radius 3 is 1.89 bits per heavy atom. The van der Waals surface area contributed by atoms with Crippen molar-refractivity contribution in [3.8, 4) is 0 Å². The normalized spacial score (nSPS) is 14.3. The van der Waals surface area contributed by atoms with Gasteiger partial charge in [-0.25, -0.2) is 4.79 Å². The zero-order chi connectivity index (χ0) is 14.5. The number of hydrogen-bond donors (Lipinski definition) is 2. The SMILES string of the molecule is CC(=O)[C@H](C)NC(=O)[C@H](C)NC(=O)OC(C)(C)C. The van der Waals surface area contributed by atoms with Gasteiger partial charge in [-0.15, -0.1) is 0 Å². The minimum atomic E-state index is -0.762. The molecule has 2 amide bonds. The number of nitrogens with one attached hydrogen (secondary N) is 2. The second-order valence-corrected chi connectivity index (χ2v) is 5.21. The van der Waals surface area contributed by atoms with Gasteiger partial charge in [0.1, 0.15) is 11.6 Å². The van der Waals surface area contributed by atoms with Crippen LogP contribution < -0.4 is 10.6 Å². The van der Waals surface area contributed by atoms with Gasteiger partial charge in [0, 0.05) is 0 Å². The summed E-state index contributed by atoms with van der Waals surface area (Å²) in [7, 11) is 0. The highest BCUT2D eigenvalue weighted by atomic mass is 16.6. The van der Waals surface area contributed by atoms with E-state index in [-0.39, 0.29) is 5.78 Å². The number of carbonyl (C=O) groups is 3. The van der Waals surface area contributed by atoms with Gasteiger partial charge in [-0.2, -0.15) is 0 Å². The number of alkyl carbamates (subject to hydrolysis) is 1. The summed E-state index contributed by atoms with van der Waals surface area (Å²) < 4.78 is 5.01. The van der Waals surface area contributed by atoms with Gasteiger partial charge in [-0.1, -0.05) is 0 Å². The lowest BCUT2D eigenvalue weighted by Gasteiger charge is -2.22. The highest BCUT2D eigenvalue weighted by Gasteiger charge is 2.22. The second kappa shape index (κ2) is 6.37. The van der Waals surface area contributed by atoms with Crippen molar-refractivity contribution in [1.29, 1.82) is 0 Å². The molecule has 0 heterocycles. The summed E-state index contributed by atoms with van der Waals surface area (Å²) >= 11 is 0. The average Bonchev–Trinajstić information content (AvgIpc) is 2.13. The van der Waals surface area contributed by atoms with Gasteiger partial charge in [0.2, 0.25) is 5.91 Å². The summed E-state index contributed by atoms with van der Waals surface area (Å²) in [5, 5.41) is 4.88. The van der Waals surface area contributed by atoms with Crippen molar-refractivity contribution in [2.45, 2.75) is 59.2 Å². The Kier molecular flexibility index (Phi) is 5.81. The van der Waals surface area contributed by atoms with Gasteiger partial charge >= 0.3 is 6.09 Å². The molecule has 0 rings (SSSR count). The average molecular weight is 258 g/mol. The van der Waals surface area contributed by atoms with Crippen molar-refractivity contribution >= 4 is 17.8 Å². The summed E-state index contributed by atoms with van der Waals surface area (Å²) in [5.41, 5.74) is -0.618. The number of ketones is 1. The zero-order valence-corrected chi connectivity index (χ0v) is 11.8. The van der Waals surface area contributed by atoms with Gasteiger partial charge in [0.25, 0.3) is 0 Å². The van der Waals surface area contributed by atoms with E-state index in [1.54, 1.807) is 27.7 Å². The molecule has 0 aliphatic carbocycles. The molecule has 0 bridgehead atoms. The quantitative estimate of drug-likeness (QED) is 0.787. The third-order valence-corrected chi connectivity index (χ3v) is 2.10. The minimum Gasteiger partial charge on any atom is -0.444 e. The van der Waals surface area contributed by atoms with Crippen LogP contribution in [0.3, 0.4) is 0 Å². The molecule has 2 atom stereocenters. The number of ether oxygens (including phenoxy) is 1. The monoisotopic (exact) mass is 258 g/mol. The largest absolute Gasteiger partial charge is 0.444 e. The van der Waals surface area contributed by atoms with Crippen molar-refractivity contribution in [2.24, 2.45) is 0 Å². The molecule has 0 aromatic carbocycles. The van der Waals surface area contributed by atoms with Gasteiger partial charge in [0.05, 0.1) is 6.04 Å². The Hall–Kier alpha value is -1.59. The number of carbonyl (C=O) groups excluding carboxylic acids is 3. The Balaban J connectivity index is 4.24. The van der Waals surface area contributed by atoms with Gasteiger partial charge in [0.15, 0.2) is 5.78 Å². The molecular formula is C12H22N2O4. The third kappa shape index (κ3) is 6.88. The molecule has 0 aliphatic heterocycles. The Morgan fingerprint density at radius 2 is 1.50 bits per heavy atom. The topological polar surface area (TPSA) is 84.5 Å². The van der Waals surface area contributed by atoms with E-state index in [1.807, 2.05) is 0 Å². The molecule has 18 heavy (non-hydrogen) atoms. The van der Waals surface area contributed by atoms with Crippen LogP contribution in [0, 0.1) is 0 Å². The maximum absolute atomic E-state index is 11.6. The van der Waals surface area contributed by atoms with Crippen molar-refractivity contribution in [3.63, 3.8) is 0 Å². The molecule has 0 aliphatic rings. The maximum Gasteiger partial charge on any atom is 0.408 e. The Bertz CT molecular complexity index is 333. The molecule has 0 radical (unpaired) electrons. The lowest BCUT2D eigenvalue weighted by Crippen LogP contribution is -2.49. The van der Waals surface area contributed by atoms with Gasteiger partial charge in [-0.05, 0) is 41.5 Å². The summed E-state index contributed by atoms with van der Waals surface area (Å²) in [6, 6.07) is -1.33. The van der Waals surface area contributed by atoms with Crippen molar-refractivity contribution in [2.75, 3.05) is 0 Å². The minimum absolute atomic E-state index is 0.146. The first-order chi connectivity index (χ1) is 8.03. The first-order valence-electron chi connectivity index (χ1n) is 5.83. The summed E-state index contributed by atoms with van der Waals surface area (Å²) in [4.78, 5) is 34.0. The Morgan fingerprint density at radius 1 is 1.00 bits per heavy atom. The molecule has 0 aromatic rings. The predicted molar refractivity (Wildman–Crippen MR) is 67.1 cm³/mol. The number of rotatable bonds is 4. The molecule has 6 nitrogen and oxygen atoms in total. The molecule has 0 spiro atoms. The van der Waals surface area contributed by atoms with E-state index in [1.165, 1.54) is 13.8 Å². The Labute approximate surface area is 107 Å². The standard InChI is InChI=1S/C12H22N2O4/c1-7(9(3)15)13-10(16)8(2)14-11(17)18-12(4,5)6/h7-8H,1-6H3,(H,13,16)(H,14,17)/t7-,8-/m0/s1. The summed E-state index contributed by atoms with van der Waals surface area (Å²) in [6.45, 7) is 9.68. The van der Waals surface area contributed by atoms with Crippen LogP contribution in [0.4, 0.5) is 4.79 Å². The van der Waals surface area contributed by atoms with E-state index in [2.05, 4.69) is 10.6 Å². The van der Waals surface area contributed by atoms with Crippen molar-refractivity contribution < 1.29 is 19.1 Å². The highest BCUT2D eigenvalue weighted by molar-refractivity contribution is 5.90. The van der Waals surface area contributed by atoms with Crippen LogP contribution >= 0.6 is 0 Å². The fourth-order valence-electron chi connectivity index (χ4n) is 0.990. The molecule has 6 heteroatoms. The molecule has 0 saturated carbocycles. The summed E-state index contributed by atoms with van der Waals surface area (Å²) in [6.07, 6.45) is -0.666. The number of amides is 2. The van der Waals surface area contributed by atoms with E-state index in [0.29, 0.717) is 0 Å². The van der Waals surface area contributed by atoms with Crippen molar-refractivity contribution in [3.05, 3.63) is 0 Å². The van der Waals surface area contributed by atoms with E-state index in [0.717, 1.165) is 0 Å². The molecule has 2 N–H and O–H groups in total. The number of Topliss-reactive ketones (excluding diaryl/α,β-unsaturated/α-hetero) is 1. The molecule has 0 aromatic heterocycles. The van der Waals surface area contributed by atoms with E-state index in [9.17, 15) is 14.4 Å². The molecular weight excluding hydrogens is 236 g/mol. The lowest BCUT2D eigenvalue weighted by molar-refractivity contribution is -0.127. The van der Waals surface area contributed by atoms with Crippen LogP contribution in [0.2, 0.25) is 0 Å². The molecule has 0 unspecified atom stereocenters. The van der Waals surface area contributed by atoms with Crippen LogP contribution in [0.5, 0.6) is 0 Å². The van der Waals surface area contributed by atoms with Crippen LogP contribution in [-0.2, 0) is 14.3 Å². The maximum atomic E-state index is 11.6. The predicted octanol–water partition coefficient (Wildman–Crippen LogP) is 0.993. The smallest absolute Gasteiger partial charge is 0.408 e. The van der Waals surface area contributed by atoms with Crippen LogP contribution in [0.15, 0.2) is 0 Å². The highest BCUT2D eigenvalue weighted by Crippen LogP contribution is 2.06. The van der Waals surface area contributed by atoms with Crippen LogP contribution in [0.1, 0.15) is 41.5 Å². The zero-order valence-electron chi connectivity index (χ0n) is 11.8. The summed E-state index contributed by atoms with van der Waals surface area (Å²) in [5.74, 6) is -0.573.